The van der Waals surface area contributed by atoms with Crippen molar-refractivity contribution in [2.75, 3.05) is 39.5 Å². The van der Waals surface area contributed by atoms with Crippen LogP contribution in [0.2, 0.25) is 0 Å². The maximum absolute atomic E-state index is 12.8. The third-order valence-corrected chi connectivity index (χ3v) is 10.8. The second-order valence-corrected chi connectivity index (χ2v) is 17.2. The fourth-order valence-electron chi connectivity index (χ4n) is 6.76. The molecule has 2 atom stereocenters. The SMILES string of the molecule is C=C(C)C(=O)OC[C@H](NC(=O)NCCCCCCNC(=O)N[C@@H](COC(=O)C(=C)C)C(=O)OCCCCCCCCCCCCCC)C(=O)OCCCCCCCCCCCCCC. The number of ether oxygens (including phenoxy) is 4. The van der Waals surface area contributed by atoms with Gasteiger partial charge < -0.3 is 40.2 Å². The van der Waals surface area contributed by atoms with Crippen LogP contribution in [0.4, 0.5) is 9.59 Å². The Bertz CT molecular complexity index is 1200. The number of nitrogens with one attached hydrogen (secondary N) is 4. The Balaban J connectivity index is 4.46. The highest BCUT2D eigenvalue weighted by Crippen LogP contribution is 2.14. The van der Waals surface area contributed by atoms with Gasteiger partial charge in [-0.2, -0.15) is 0 Å². The number of rotatable bonds is 43. The highest BCUT2D eigenvalue weighted by Gasteiger charge is 2.26. The van der Waals surface area contributed by atoms with Crippen LogP contribution in [0.1, 0.15) is 207 Å². The zero-order valence-electron chi connectivity index (χ0n) is 40.7. The first-order valence-electron chi connectivity index (χ1n) is 25.0. The number of carbonyl (C=O) groups is 6. The van der Waals surface area contributed by atoms with Gasteiger partial charge in [0.1, 0.15) is 13.2 Å². The molecular formula is C50H90N4O10. The molecule has 0 spiro atoms. The molecule has 0 fully saturated rings. The van der Waals surface area contributed by atoms with Gasteiger partial charge in [-0.25, -0.2) is 28.8 Å². The smallest absolute Gasteiger partial charge is 0.333 e. The summed E-state index contributed by atoms with van der Waals surface area (Å²) in [6, 6.07) is -3.52. The van der Waals surface area contributed by atoms with Gasteiger partial charge in [0.15, 0.2) is 12.1 Å². The molecule has 0 aliphatic rings. The Labute approximate surface area is 387 Å². The summed E-state index contributed by atoms with van der Waals surface area (Å²) in [5.74, 6) is -2.68. The molecule has 0 aromatic heterocycles. The van der Waals surface area contributed by atoms with Gasteiger partial charge in [-0.3, -0.25) is 0 Å². The third-order valence-electron chi connectivity index (χ3n) is 10.8. The molecule has 0 radical (unpaired) electrons. The first-order valence-corrected chi connectivity index (χ1v) is 25.0. The zero-order chi connectivity index (χ0) is 47.5. The molecule has 0 saturated carbocycles. The van der Waals surface area contributed by atoms with Crippen LogP contribution in [0.3, 0.4) is 0 Å². The van der Waals surface area contributed by atoms with E-state index >= 15 is 0 Å². The van der Waals surface area contributed by atoms with Crippen molar-refractivity contribution in [2.24, 2.45) is 0 Å². The van der Waals surface area contributed by atoms with E-state index in [1.807, 2.05) is 0 Å². The molecule has 14 heteroatoms. The van der Waals surface area contributed by atoms with E-state index in [1.165, 1.54) is 117 Å². The van der Waals surface area contributed by atoms with E-state index in [-0.39, 0.29) is 37.6 Å². The summed E-state index contributed by atoms with van der Waals surface area (Å²) in [6.45, 7) is 14.9. The van der Waals surface area contributed by atoms with E-state index in [1.54, 1.807) is 0 Å². The lowest BCUT2D eigenvalue weighted by Gasteiger charge is -2.18. The zero-order valence-corrected chi connectivity index (χ0v) is 40.7. The monoisotopic (exact) mass is 907 g/mol. The second-order valence-electron chi connectivity index (χ2n) is 17.2. The number of hydrogen-bond acceptors (Lipinski definition) is 10. The van der Waals surface area contributed by atoms with Crippen LogP contribution >= 0.6 is 0 Å². The van der Waals surface area contributed by atoms with Gasteiger partial charge in [0.05, 0.1) is 13.2 Å². The Morgan fingerprint density at radius 1 is 0.391 bits per heavy atom. The van der Waals surface area contributed by atoms with Crippen LogP contribution in [0.15, 0.2) is 24.3 Å². The van der Waals surface area contributed by atoms with Crippen LogP contribution in [0, 0.1) is 0 Å². The minimum atomic E-state index is -1.17. The highest BCUT2D eigenvalue weighted by molar-refractivity contribution is 5.89. The molecule has 0 aromatic rings. The average Bonchev–Trinajstić information content (AvgIpc) is 3.27. The van der Waals surface area contributed by atoms with Gasteiger partial charge in [-0.15, -0.1) is 0 Å². The topological polar surface area (TPSA) is 187 Å². The van der Waals surface area contributed by atoms with E-state index in [2.05, 4.69) is 48.3 Å². The molecular weight excluding hydrogens is 817 g/mol. The van der Waals surface area contributed by atoms with Gasteiger partial charge in [0.2, 0.25) is 0 Å². The molecule has 0 rings (SSSR count). The minimum Gasteiger partial charge on any atom is -0.464 e. The summed E-state index contributed by atoms with van der Waals surface area (Å²) in [4.78, 5) is 74.9. The Kier molecular flexibility index (Phi) is 40.1. The van der Waals surface area contributed by atoms with Crippen molar-refractivity contribution < 1.29 is 47.7 Å². The van der Waals surface area contributed by atoms with E-state index in [4.69, 9.17) is 18.9 Å². The number of amides is 4. The van der Waals surface area contributed by atoms with E-state index < -0.39 is 48.0 Å². The molecule has 14 nitrogen and oxygen atoms in total. The standard InChI is InChI=1S/C50H90N4O10/c1-7-9-11-13-15-17-19-21-23-25-29-33-37-61-47(57)43(39-63-45(55)41(3)4)53-49(59)51-35-31-27-28-32-36-52-50(60)54-44(40-64-46(56)42(5)6)48(58)62-38-34-30-26-24-22-20-18-16-14-12-10-8-2/h43-44H,3,5,7-40H2,1-2,4,6H3,(H2,51,53,59)(H2,52,54,60)/t43-,44-/m0/s1. The maximum atomic E-state index is 12.8. The quantitative estimate of drug-likeness (QED) is 0.0198. The summed E-state index contributed by atoms with van der Waals surface area (Å²) in [7, 11) is 0. The van der Waals surface area contributed by atoms with Crippen LogP contribution in [-0.4, -0.2) is 87.5 Å². The highest BCUT2D eigenvalue weighted by atomic mass is 16.6. The number of hydrogen-bond donors (Lipinski definition) is 4. The lowest BCUT2D eigenvalue weighted by molar-refractivity contribution is -0.152. The van der Waals surface area contributed by atoms with Crippen molar-refractivity contribution in [2.45, 2.75) is 220 Å². The van der Waals surface area contributed by atoms with Crippen LogP contribution < -0.4 is 21.3 Å². The van der Waals surface area contributed by atoms with Gasteiger partial charge in [0.25, 0.3) is 0 Å². The Morgan fingerprint density at radius 3 is 0.938 bits per heavy atom. The van der Waals surface area contributed by atoms with Crippen molar-refractivity contribution in [3.63, 3.8) is 0 Å². The predicted molar refractivity (Wildman–Crippen MR) is 255 cm³/mol. The molecule has 0 aromatic carbocycles. The Hall–Kier alpha value is -4.10. The average molecular weight is 907 g/mol. The van der Waals surface area contributed by atoms with Gasteiger partial charge in [0, 0.05) is 24.2 Å². The lowest BCUT2D eigenvalue weighted by atomic mass is 10.1. The molecule has 0 aliphatic carbocycles. The van der Waals surface area contributed by atoms with Crippen LogP contribution in [-0.2, 0) is 38.1 Å². The van der Waals surface area contributed by atoms with E-state index in [0.717, 1.165) is 64.2 Å². The molecule has 4 N–H and O–H groups in total. The number of carbonyl (C=O) groups excluding carboxylic acids is 6. The molecule has 64 heavy (non-hydrogen) atoms. The summed E-state index contributed by atoms with van der Waals surface area (Å²) < 4.78 is 21.1. The van der Waals surface area contributed by atoms with E-state index in [9.17, 15) is 28.8 Å². The first kappa shape index (κ1) is 59.9. The van der Waals surface area contributed by atoms with Crippen LogP contribution in [0.25, 0.3) is 0 Å². The van der Waals surface area contributed by atoms with Gasteiger partial charge >= 0.3 is 35.9 Å². The van der Waals surface area contributed by atoms with E-state index in [0.29, 0.717) is 25.9 Å². The van der Waals surface area contributed by atoms with Crippen molar-refractivity contribution in [1.82, 2.24) is 21.3 Å². The summed E-state index contributed by atoms with van der Waals surface area (Å²) in [6.07, 6.45) is 31.3. The molecule has 0 saturated heterocycles. The van der Waals surface area contributed by atoms with Crippen molar-refractivity contribution >= 4 is 35.9 Å². The summed E-state index contributed by atoms with van der Waals surface area (Å²) in [5, 5.41) is 10.6. The molecule has 0 aliphatic heterocycles. The first-order chi connectivity index (χ1) is 30.9. The molecule has 4 amide bonds. The fraction of sp³-hybridized carbons (Fsp3) is 0.800. The summed E-state index contributed by atoms with van der Waals surface area (Å²) in [5.41, 5.74) is 0.351. The Morgan fingerprint density at radius 2 is 0.656 bits per heavy atom. The minimum absolute atomic E-state index is 0.176. The molecule has 0 bridgehead atoms. The third kappa shape index (κ3) is 37.3. The van der Waals surface area contributed by atoms with Crippen molar-refractivity contribution in [1.29, 1.82) is 0 Å². The molecule has 370 valence electrons. The van der Waals surface area contributed by atoms with Crippen molar-refractivity contribution in [3.8, 4) is 0 Å². The maximum Gasteiger partial charge on any atom is 0.333 e. The lowest BCUT2D eigenvalue weighted by Crippen LogP contribution is -2.49. The number of esters is 4. The predicted octanol–water partition coefficient (Wildman–Crippen LogP) is 10.6. The fourth-order valence-corrected chi connectivity index (χ4v) is 6.76. The van der Waals surface area contributed by atoms with Crippen LogP contribution in [0.5, 0.6) is 0 Å². The number of urea groups is 2. The summed E-state index contributed by atoms with van der Waals surface area (Å²) >= 11 is 0. The normalized spacial score (nSPS) is 11.8. The number of unbranched alkanes of at least 4 members (excludes halogenated alkanes) is 25. The largest absolute Gasteiger partial charge is 0.464 e. The van der Waals surface area contributed by atoms with Crippen molar-refractivity contribution in [3.05, 3.63) is 24.3 Å². The second kappa shape index (κ2) is 42.8. The molecule has 0 heterocycles. The van der Waals surface area contributed by atoms with Gasteiger partial charge in [-0.05, 0) is 39.5 Å². The van der Waals surface area contributed by atoms with Gasteiger partial charge in [-0.1, -0.05) is 181 Å². The molecule has 0 unspecified atom stereocenters.